The Balaban J connectivity index is 1.64. The average Bonchev–Trinajstić information content (AvgIpc) is 3.28. The summed E-state index contributed by atoms with van der Waals surface area (Å²) in [5, 5.41) is 2.70. The third-order valence-electron chi connectivity index (χ3n) is 5.50. The summed E-state index contributed by atoms with van der Waals surface area (Å²) in [6.45, 7) is 0.223. The molecule has 0 saturated carbocycles. The average molecular weight is 440 g/mol. The summed E-state index contributed by atoms with van der Waals surface area (Å²) < 4.78 is 33.5. The van der Waals surface area contributed by atoms with Crippen LogP contribution in [0.5, 0.6) is 0 Å². The van der Waals surface area contributed by atoms with Gasteiger partial charge in [0.2, 0.25) is 0 Å². The number of ether oxygens (including phenoxy) is 1. The van der Waals surface area contributed by atoms with Gasteiger partial charge >= 0.3 is 12.0 Å². The van der Waals surface area contributed by atoms with Crippen molar-refractivity contribution in [1.82, 2.24) is 20.2 Å². The number of methoxy groups -OCH3 is 1. The first-order valence-electron chi connectivity index (χ1n) is 10.1. The number of rotatable bonds is 5. The van der Waals surface area contributed by atoms with E-state index >= 15 is 0 Å². The van der Waals surface area contributed by atoms with E-state index in [9.17, 15) is 18.4 Å². The number of amides is 2. The van der Waals surface area contributed by atoms with Crippen LogP contribution in [0.25, 0.3) is 0 Å². The fourth-order valence-electron chi connectivity index (χ4n) is 3.95. The highest BCUT2D eigenvalue weighted by molar-refractivity contribution is 5.84. The zero-order valence-electron chi connectivity index (χ0n) is 17.3. The Morgan fingerprint density at radius 3 is 2.78 bits per heavy atom. The normalized spacial score (nSPS) is 16.2. The van der Waals surface area contributed by atoms with Crippen LogP contribution >= 0.6 is 0 Å². The van der Waals surface area contributed by atoms with Crippen LogP contribution in [0.2, 0.25) is 0 Å². The predicted octanol–water partition coefficient (Wildman–Crippen LogP) is 3.13. The minimum Gasteiger partial charge on any atom is -0.467 e. The Hall–Kier alpha value is -3.75. The molecule has 9 heteroatoms. The van der Waals surface area contributed by atoms with E-state index in [1.54, 1.807) is 0 Å². The van der Waals surface area contributed by atoms with Gasteiger partial charge in [0.05, 0.1) is 19.1 Å². The molecule has 1 aliphatic rings. The first-order valence-corrected chi connectivity index (χ1v) is 10.1. The third-order valence-corrected chi connectivity index (χ3v) is 5.50. The molecule has 1 aliphatic heterocycles. The van der Waals surface area contributed by atoms with Crippen LogP contribution in [0.1, 0.15) is 28.6 Å². The Morgan fingerprint density at radius 2 is 2.03 bits per heavy atom. The molecule has 2 atom stereocenters. The second kappa shape index (κ2) is 9.17. The van der Waals surface area contributed by atoms with Gasteiger partial charge in [-0.2, -0.15) is 0 Å². The number of hydrogen-bond acceptors (Lipinski definition) is 4. The van der Waals surface area contributed by atoms with E-state index in [0.29, 0.717) is 12.1 Å². The van der Waals surface area contributed by atoms with Gasteiger partial charge in [0.1, 0.15) is 23.7 Å². The highest BCUT2D eigenvalue weighted by Gasteiger charge is 2.37. The Bertz CT molecular complexity index is 1120. The summed E-state index contributed by atoms with van der Waals surface area (Å²) >= 11 is 0. The van der Waals surface area contributed by atoms with E-state index in [-0.39, 0.29) is 18.5 Å². The fraction of sp³-hybridized carbons (Fsp3) is 0.261. The van der Waals surface area contributed by atoms with E-state index < -0.39 is 35.7 Å². The van der Waals surface area contributed by atoms with Crippen LogP contribution in [0.15, 0.2) is 54.9 Å². The van der Waals surface area contributed by atoms with Crippen molar-refractivity contribution in [3.63, 3.8) is 0 Å². The van der Waals surface area contributed by atoms with Crippen molar-refractivity contribution in [2.45, 2.75) is 24.9 Å². The number of esters is 1. The molecule has 32 heavy (non-hydrogen) atoms. The first kappa shape index (κ1) is 21.5. The molecule has 2 aromatic carbocycles. The van der Waals surface area contributed by atoms with Gasteiger partial charge in [0.15, 0.2) is 0 Å². The lowest BCUT2D eigenvalue weighted by Crippen LogP contribution is -2.52. The Kier molecular flexibility index (Phi) is 6.16. The van der Waals surface area contributed by atoms with E-state index in [0.717, 1.165) is 29.5 Å². The lowest BCUT2D eigenvalue weighted by molar-refractivity contribution is -0.142. The molecule has 7 nitrogen and oxygen atoms in total. The van der Waals surface area contributed by atoms with Crippen LogP contribution in [-0.2, 0) is 22.4 Å². The van der Waals surface area contributed by atoms with Gasteiger partial charge < -0.3 is 19.9 Å². The Morgan fingerprint density at radius 1 is 1.25 bits per heavy atom. The summed E-state index contributed by atoms with van der Waals surface area (Å²) in [7, 11) is 1.24. The number of halogens is 2. The van der Waals surface area contributed by atoms with Gasteiger partial charge in [0.25, 0.3) is 0 Å². The quantitative estimate of drug-likeness (QED) is 0.597. The van der Waals surface area contributed by atoms with Crippen LogP contribution in [-0.4, -0.2) is 46.6 Å². The maximum atomic E-state index is 14.7. The molecule has 0 spiro atoms. The number of imidazole rings is 1. The van der Waals surface area contributed by atoms with E-state index in [4.69, 9.17) is 4.74 Å². The van der Waals surface area contributed by atoms with E-state index in [1.165, 1.54) is 18.3 Å². The number of aromatic amines is 1. The Labute approximate surface area is 183 Å². The molecule has 0 saturated heterocycles. The number of nitrogens with zero attached hydrogens (tertiary/aromatic N) is 2. The van der Waals surface area contributed by atoms with Crippen molar-refractivity contribution in [3.05, 3.63) is 89.0 Å². The van der Waals surface area contributed by atoms with Crippen molar-refractivity contribution < 1.29 is 23.1 Å². The van der Waals surface area contributed by atoms with Crippen LogP contribution < -0.4 is 5.32 Å². The summed E-state index contributed by atoms with van der Waals surface area (Å²) in [6.07, 6.45) is 2.14. The molecule has 1 unspecified atom stereocenters. The second-order valence-electron chi connectivity index (χ2n) is 7.49. The van der Waals surface area contributed by atoms with Gasteiger partial charge in [-0.3, -0.25) is 0 Å². The summed E-state index contributed by atoms with van der Waals surface area (Å²) in [4.78, 5) is 34.3. The van der Waals surface area contributed by atoms with Crippen LogP contribution in [0.4, 0.5) is 13.6 Å². The number of H-pyrrole nitrogens is 1. The maximum Gasteiger partial charge on any atom is 0.328 e. The molecule has 0 bridgehead atoms. The number of urea groups is 1. The molecule has 0 aliphatic carbocycles. The summed E-state index contributed by atoms with van der Waals surface area (Å²) in [5.41, 5.74) is 2.01. The van der Waals surface area contributed by atoms with E-state index in [1.807, 2.05) is 30.3 Å². The lowest BCUT2D eigenvalue weighted by Gasteiger charge is -2.36. The third kappa shape index (κ3) is 4.32. The van der Waals surface area contributed by atoms with Gasteiger partial charge in [-0.1, -0.05) is 30.3 Å². The minimum atomic E-state index is -0.950. The number of nitrogens with one attached hydrogen (secondary N) is 2. The number of aromatic nitrogens is 2. The highest BCUT2D eigenvalue weighted by atomic mass is 19.1. The molecule has 2 N–H and O–H groups in total. The molecule has 4 rings (SSSR count). The number of hydrogen-bond donors (Lipinski definition) is 2. The summed E-state index contributed by atoms with van der Waals surface area (Å²) in [5.74, 6) is -1.88. The molecule has 1 aromatic heterocycles. The number of benzene rings is 2. The van der Waals surface area contributed by atoms with Gasteiger partial charge in [-0.15, -0.1) is 0 Å². The SMILES string of the molecule is COC(=O)[C@H](Cc1ccccc1)NC(=O)N1CCc2[nH]cnc2C1c1cc(F)ccc1F. The molecule has 2 amide bonds. The van der Waals surface area contributed by atoms with Crippen molar-refractivity contribution in [2.24, 2.45) is 0 Å². The van der Waals surface area contributed by atoms with Crippen LogP contribution in [0.3, 0.4) is 0 Å². The minimum absolute atomic E-state index is 0.00845. The highest BCUT2D eigenvalue weighted by Crippen LogP contribution is 2.35. The molecular weight excluding hydrogens is 418 g/mol. The summed E-state index contributed by atoms with van der Waals surface area (Å²) in [6, 6.07) is 9.79. The number of carbonyl (C=O) groups is 2. The molecule has 166 valence electrons. The number of carbonyl (C=O) groups excluding carboxylic acids is 2. The van der Waals surface area contributed by atoms with Crippen LogP contribution in [0, 0.1) is 11.6 Å². The first-order chi connectivity index (χ1) is 15.5. The van der Waals surface area contributed by atoms with Crippen molar-refractivity contribution in [3.8, 4) is 0 Å². The van der Waals surface area contributed by atoms with Crippen molar-refractivity contribution in [2.75, 3.05) is 13.7 Å². The van der Waals surface area contributed by atoms with E-state index in [2.05, 4.69) is 15.3 Å². The largest absolute Gasteiger partial charge is 0.467 e. The van der Waals surface area contributed by atoms with Gasteiger partial charge in [-0.05, 0) is 23.8 Å². The monoisotopic (exact) mass is 440 g/mol. The topological polar surface area (TPSA) is 87.3 Å². The molecule has 2 heterocycles. The fourth-order valence-corrected chi connectivity index (χ4v) is 3.95. The molecule has 0 radical (unpaired) electrons. The zero-order valence-corrected chi connectivity index (χ0v) is 17.3. The molecule has 3 aromatic rings. The zero-order chi connectivity index (χ0) is 22.7. The molecule has 0 fully saturated rings. The number of fused-ring (bicyclic) bond motifs is 1. The maximum absolute atomic E-state index is 14.7. The molecular formula is C23H22F2N4O3. The second-order valence-corrected chi connectivity index (χ2v) is 7.49. The lowest BCUT2D eigenvalue weighted by atomic mass is 9.95. The predicted molar refractivity (Wildman–Crippen MR) is 112 cm³/mol. The van der Waals surface area contributed by atoms with Crippen molar-refractivity contribution >= 4 is 12.0 Å². The van der Waals surface area contributed by atoms with Crippen molar-refractivity contribution in [1.29, 1.82) is 0 Å². The standard InChI is InChI=1S/C23H22F2N4O3/c1-32-22(30)19(11-14-5-3-2-4-6-14)28-23(31)29-10-9-18-20(27-13-26-18)21(29)16-12-15(24)7-8-17(16)25/h2-8,12-13,19,21H,9-11H2,1H3,(H,26,27)(H,28,31)/t19-,21?/m0/s1. The van der Waals surface area contributed by atoms with Gasteiger partial charge in [-0.25, -0.2) is 23.4 Å². The van der Waals surface area contributed by atoms with Gasteiger partial charge in [0, 0.05) is 30.6 Å². The smallest absolute Gasteiger partial charge is 0.328 e.